The van der Waals surface area contributed by atoms with Crippen LogP contribution in [0.2, 0.25) is 0 Å². The lowest BCUT2D eigenvalue weighted by molar-refractivity contribution is 0.102. The van der Waals surface area contributed by atoms with Gasteiger partial charge in [-0.25, -0.2) is 4.98 Å². The number of carbonyl (C=O) groups excluding carboxylic acids is 1. The summed E-state index contributed by atoms with van der Waals surface area (Å²) in [6.07, 6.45) is 1.35. The second-order valence-electron chi connectivity index (χ2n) is 3.86. The van der Waals surface area contributed by atoms with Crippen LogP contribution in [0.1, 0.15) is 16.1 Å². The van der Waals surface area contributed by atoms with Gasteiger partial charge >= 0.3 is 0 Å². The highest BCUT2D eigenvalue weighted by atomic mass is 79.9. The maximum atomic E-state index is 12.1. The van der Waals surface area contributed by atoms with E-state index >= 15 is 0 Å². The molecule has 1 aromatic carbocycles. The quantitative estimate of drug-likeness (QED) is 0.763. The van der Waals surface area contributed by atoms with Crippen LogP contribution < -0.4 is 11.1 Å². The largest absolute Gasteiger partial charge is 0.399 e. The summed E-state index contributed by atoms with van der Waals surface area (Å²) in [6.45, 7) is 0. The van der Waals surface area contributed by atoms with Crippen molar-refractivity contribution in [3.8, 4) is 6.07 Å². The predicted octanol–water partition coefficient (Wildman–Crippen LogP) is 3.31. The molecule has 0 aliphatic rings. The summed E-state index contributed by atoms with van der Waals surface area (Å²) in [4.78, 5) is 16.0. The van der Waals surface area contributed by atoms with Crippen LogP contribution in [0.15, 0.2) is 39.4 Å². The highest BCUT2D eigenvalue weighted by molar-refractivity contribution is 9.11. The number of hydrogen-bond acceptors (Lipinski definition) is 4. The zero-order valence-electron chi connectivity index (χ0n) is 10.0. The Balaban J connectivity index is 2.26. The van der Waals surface area contributed by atoms with Crippen LogP contribution in [0.5, 0.6) is 0 Å². The summed E-state index contributed by atoms with van der Waals surface area (Å²) in [5.74, 6) is -0.374. The Hall–Kier alpha value is -1.91. The topological polar surface area (TPSA) is 91.8 Å². The first-order valence-electron chi connectivity index (χ1n) is 5.43. The van der Waals surface area contributed by atoms with E-state index in [1.54, 1.807) is 12.1 Å². The molecule has 0 atom stereocenters. The van der Waals surface area contributed by atoms with Crippen molar-refractivity contribution in [2.75, 3.05) is 11.1 Å². The van der Waals surface area contributed by atoms with Gasteiger partial charge in [0.15, 0.2) is 0 Å². The van der Waals surface area contributed by atoms with Crippen molar-refractivity contribution >= 4 is 49.1 Å². The molecule has 0 aliphatic heterocycles. The molecular weight excluding hydrogens is 388 g/mol. The van der Waals surface area contributed by atoms with Gasteiger partial charge in [0.2, 0.25) is 0 Å². The lowest BCUT2D eigenvalue weighted by Gasteiger charge is -2.10. The summed E-state index contributed by atoms with van der Waals surface area (Å²) in [5, 5.41) is 11.4. The molecule has 100 valence electrons. The molecule has 0 saturated heterocycles. The summed E-state index contributed by atoms with van der Waals surface area (Å²) < 4.78 is 1.32. The number of nitrogens with one attached hydrogen (secondary N) is 1. The first-order chi connectivity index (χ1) is 9.51. The van der Waals surface area contributed by atoms with Crippen LogP contribution in [0, 0.1) is 11.3 Å². The van der Waals surface area contributed by atoms with Crippen molar-refractivity contribution in [2.45, 2.75) is 0 Å². The maximum Gasteiger partial charge on any atom is 0.274 e. The molecular formula is C13H8Br2N4O. The first-order valence-corrected chi connectivity index (χ1v) is 7.02. The van der Waals surface area contributed by atoms with Crippen molar-refractivity contribution in [3.63, 3.8) is 0 Å². The molecule has 1 aromatic heterocycles. The summed E-state index contributed by atoms with van der Waals surface area (Å²) in [6, 6.07) is 8.35. The maximum absolute atomic E-state index is 12.1. The van der Waals surface area contributed by atoms with Crippen LogP contribution in [-0.2, 0) is 0 Å². The minimum atomic E-state index is -0.374. The molecule has 0 unspecified atom stereocenters. The van der Waals surface area contributed by atoms with Gasteiger partial charge in [-0.15, -0.1) is 0 Å². The number of benzene rings is 1. The number of carbonyl (C=O) groups is 1. The third-order valence-electron chi connectivity index (χ3n) is 2.43. The highest BCUT2D eigenvalue weighted by Crippen LogP contribution is 2.33. The summed E-state index contributed by atoms with van der Waals surface area (Å²) in [5.41, 5.74) is 7.44. The van der Waals surface area contributed by atoms with E-state index in [0.29, 0.717) is 25.9 Å². The third kappa shape index (κ3) is 3.15. The average Bonchev–Trinajstić information content (AvgIpc) is 2.42. The molecule has 5 nitrogen and oxygen atoms in total. The molecule has 3 N–H and O–H groups in total. The Morgan fingerprint density at radius 1 is 1.30 bits per heavy atom. The molecule has 1 amide bonds. The molecule has 20 heavy (non-hydrogen) atoms. The number of nitriles is 1. The Morgan fingerprint density at radius 2 is 1.95 bits per heavy atom. The minimum absolute atomic E-state index is 0.222. The standard InChI is InChI=1S/C13H8Br2N4O/c14-9-3-8(17)4-10(15)12(9)19-13(20)11-2-1-7(5-16)6-18-11/h1-4,6H,17H2,(H,19,20). The summed E-state index contributed by atoms with van der Waals surface area (Å²) in [7, 11) is 0. The number of nitrogen functional groups attached to an aromatic ring is 1. The Kier molecular flexibility index (Phi) is 4.37. The number of nitrogens with zero attached hydrogens (tertiary/aromatic N) is 2. The van der Waals surface area contributed by atoms with E-state index in [1.807, 2.05) is 6.07 Å². The number of hydrogen-bond donors (Lipinski definition) is 2. The van der Waals surface area contributed by atoms with Gasteiger partial charge in [-0.05, 0) is 56.1 Å². The third-order valence-corrected chi connectivity index (χ3v) is 3.68. The van der Waals surface area contributed by atoms with Crippen LogP contribution in [-0.4, -0.2) is 10.9 Å². The Bertz CT molecular complexity index is 684. The van der Waals surface area contributed by atoms with Gasteiger partial charge in [-0.1, -0.05) is 0 Å². The van der Waals surface area contributed by atoms with E-state index in [9.17, 15) is 4.79 Å². The number of aromatic nitrogens is 1. The van der Waals surface area contributed by atoms with E-state index in [1.165, 1.54) is 18.3 Å². The first kappa shape index (κ1) is 14.5. The zero-order chi connectivity index (χ0) is 14.7. The van der Waals surface area contributed by atoms with Crippen LogP contribution in [0.25, 0.3) is 0 Å². The van der Waals surface area contributed by atoms with E-state index in [2.05, 4.69) is 42.2 Å². The zero-order valence-corrected chi connectivity index (χ0v) is 13.2. The number of nitrogens with two attached hydrogens (primary N) is 1. The molecule has 0 saturated carbocycles. The van der Waals surface area contributed by atoms with E-state index in [0.717, 1.165) is 0 Å². The number of pyridine rings is 1. The predicted molar refractivity (Wildman–Crippen MR) is 83.2 cm³/mol. The van der Waals surface area contributed by atoms with Crippen molar-refractivity contribution in [3.05, 3.63) is 50.7 Å². The molecule has 1 heterocycles. The second-order valence-corrected chi connectivity index (χ2v) is 5.57. The monoisotopic (exact) mass is 394 g/mol. The van der Waals surface area contributed by atoms with Crippen molar-refractivity contribution in [1.82, 2.24) is 4.98 Å². The van der Waals surface area contributed by atoms with Crippen molar-refractivity contribution in [2.24, 2.45) is 0 Å². The Labute approximate surface area is 132 Å². The second kappa shape index (κ2) is 6.03. The van der Waals surface area contributed by atoms with E-state index < -0.39 is 0 Å². The van der Waals surface area contributed by atoms with Gasteiger partial charge in [0.25, 0.3) is 5.91 Å². The van der Waals surface area contributed by atoms with Gasteiger partial charge in [0, 0.05) is 20.8 Å². The molecule has 0 fully saturated rings. The van der Waals surface area contributed by atoms with Gasteiger partial charge in [-0.3, -0.25) is 4.79 Å². The molecule has 0 bridgehead atoms. The number of rotatable bonds is 2. The van der Waals surface area contributed by atoms with Crippen LogP contribution >= 0.6 is 31.9 Å². The van der Waals surface area contributed by atoms with Gasteiger partial charge in [-0.2, -0.15) is 5.26 Å². The van der Waals surface area contributed by atoms with Gasteiger partial charge in [0.1, 0.15) is 11.8 Å². The van der Waals surface area contributed by atoms with E-state index in [-0.39, 0.29) is 11.6 Å². The molecule has 0 spiro atoms. The van der Waals surface area contributed by atoms with Crippen molar-refractivity contribution in [1.29, 1.82) is 5.26 Å². The smallest absolute Gasteiger partial charge is 0.274 e. The number of anilines is 2. The number of halogens is 2. The minimum Gasteiger partial charge on any atom is -0.399 e. The molecule has 7 heteroatoms. The van der Waals surface area contributed by atoms with Gasteiger partial charge in [0.05, 0.1) is 11.3 Å². The van der Waals surface area contributed by atoms with E-state index in [4.69, 9.17) is 11.0 Å². The highest BCUT2D eigenvalue weighted by Gasteiger charge is 2.13. The van der Waals surface area contributed by atoms with Crippen molar-refractivity contribution < 1.29 is 4.79 Å². The Morgan fingerprint density at radius 3 is 2.45 bits per heavy atom. The average molecular weight is 396 g/mol. The number of amides is 1. The fraction of sp³-hybridized carbons (Fsp3) is 0. The fourth-order valence-electron chi connectivity index (χ4n) is 1.48. The fourth-order valence-corrected chi connectivity index (χ4v) is 2.90. The summed E-state index contributed by atoms with van der Waals surface area (Å²) >= 11 is 6.67. The molecule has 0 aliphatic carbocycles. The molecule has 0 radical (unpaired) electrons. The van der Waals surface area contributed by atoms with Crippen LogP contribution in [0.3, 0.4) is 0 Å². The molecule has 2 rings (SSSR count). The normalized spacial score (nSPS) is 9.85. The lowest BCUT2D eigenvalue weighted by Crippen LogP contribution is -2.14. The van der Waals surface area contributed by atoms with Crippen LogP contribution in [0.4, 0.5) is 11.4 Å². The molecule has 2 aromatic rings. The SMILES string of the molecule is N#Cc1ccc(C(=O)Nc2c(Br)cc(N)cc2Br)nc1. The lowest BCUT2D eigenvalue weighted by atomic mass is 10.2. The van der Waals surface area contributed by atoms with Gasteiger partial charge < -0.3 is 11.1 Å².